The van der Waals surface area contributed by atoms with Crippen molar-refractivity contribution >= 4 is 17.1 Å². The minimum Gasteiger partial charge on any atom is -0.493 e. The lowest BCUT2D eigenvalue weighted by Crippen LogP contribution is -2.04. The molecule has 0 atom stereocenters. The molecule has 0 saturated carbocycles. The lowest BCUT2D eigenvalue weighted by Gasteiger charge is -2.11. The van der Waals surface area contributed by atoms with Crippen molar-refractivity contribution in [2.24, 2.45) is 0 Å². The Morgan fingerprint density at radius 3 is 2.70 bits per heavy atom. The van der Waals surface area contributed by atoms with E-state index in [9.17, 15) is 4.79 Å². The summed E-state index contributed by atoms with van der Waals surface area (Å²) in [6.45, 7) is 8.35. The van der Waals surface area contributed by atoms with Crippen LogP contribution in [-0.4, -0.2) is 17.4 Å². The van der Waals surface area contributed by atoms with Crippen LogP contribution in [0.4, 0.5) is 0 Å². The normalized spacial score (nSPS) is 10.6. The summed E-state index contributed by atoms with van der Waals surface area (Å²) in [5.74, 6) is 0.949. The molecule has 1 aromatic heterocycles. The highest BCUT2D eigenvalue weighted by Gasteiger charge is 2.07. The second-order valence-corrected chi connectivity index (χ2v) is 5.93. The Labute approximate surface area is 123 Å². The van der Waals surface area contributed by atoms with Crippen molar-refractivity contribution in [2.75, 3.05) is 6.61 Å². The first-order chi connectivity index (χ1) is 9.47. The maximum atomic E-state index is 11.2. The molecule has 0 fully saturated rings. The summed E-state index contributed by atoms with van der Waals surface area (Å²) in [5, 5.41) is 2.75. The maximum absolute atomic E-state index is 11.2. The zero-order chi connectivity index (χ0) is 14.7. The molecule has 2 aromatic rings. The Bertz CT molecular complexity index is 631. The highest BCUT2D eigenvalue weighted by atomic mass is 32.1. The quantitative estimate of drug-likeness (QED) is 0.784. The summed E-state index contributed by atoms with van der Waals surface area (Å²) in [7, 11) is 0. The third-order valence-corrected chi connectivity index (χ3v) is 4.16. The SMILES string of the molecule is CC(=O)c1csc(CCOc2cc(C)cc(C)c2C)n1. The van der Waals surface area contributed by atoms with Gasteiger partial charge in [0.15, 0.2) is 5.78 Å². The Balaban J connectivity index is 1.97. The third-order valence-electron chi connectivity index (χ3n) is 3.25. The number of Topliss-reactive ketones (excluding diaryl/α,β-unsaturated/α-hetero) is 1. The Hall–Kier alpha value is -1.68. The van der Waals surface area contributed by atoms with E-state index in [1.165, 1.54) is 35.0 Å². The number of hydrogen-bond acceptors (Lipinski definition) is 4. The number of thiazole rings is 1. The highest BCUT2D eigenvalue weighted by molar-refractivity contribution is 7.09. The fraction of sp³-hybridized carbons (Fsp3) is 0.375. The fourth-order valence-electron chi connectivity index (χ4n) is 1.99. The standard InChI is InChI=1S/C16H19NO2S/c1-10-7-11(2)12(3)15(8-10)19-6-5-16-17-14(9-20-16)13(4)18/h7-9H,5-6H2,1-4H3. The summed E-state index contributed by atoms with van der Waals surface area (Å²) >= 11 is 1.51. The van der Waals surface area contributed by atoms with Gasteiger partial charge in [-0.1, -0.05) is 6.07 Å². The van der Waals surface area contributed by atoms with Gasteiger partial charge in [-0.2, -0.15) is 0 Å². The van der Waals surface area contributed by atoms with Crippen molar-refractivity contribution in [2.45, 2.75) is 34.1 Å². The fourth-order valence-corrected chi connectivity index (χ4v) is 2.80. The molecule has 0 unspecified atom stereocenters. The number of ketones is 1. The molecule has 1 heterocycles. The second-order valence-electron chi connectivity index (χ2n) is 4.99. The summed E-state index contributed by atoms with van der Waals surface area (Å²) in [4.78, 5) is 15.5. The van der Waals surface area contributed by atoms with Crippen molar-refractivity contribution in [1.29, 1.82) is 0 Å². The van der Waals surface area contributed by atoms with Gasteiger partial charge in [0.05, 0.1) is 11.6 Å². The molecule has 0 radical (unpaired) electrons. The average molecular weight is 289 g/mol. The zero-order valence-electron chi connectivity index (χ0n) is 12.3. The third kappa shape index (κ3) is 3.45. The van der Waals surface area contributed by atoms with Crippen LogP contribution in [0.5, 0.6) is 5.75 Å². The van der Waals surface area contributed by atoms with Crippen molar-refractivity contribution < 1.29 is 9.53 Å². The molecular weight excluding hydrogens is 270 g/mol. The molecule has 0 bridgehead atoms. The van der Waals surface area contributed by atoms with E-state index < -0.39 is 0 Å². The predicted octanol–water partition coefficient (Wildman–Crippen LogP) is 3.89. The maximum Gasteiger partial charge on any atom is 0.178 e. The number of rotatable bonds is 5. The van der Waals surface area contributed by atoms with Crippen LogP contribution in [0.15, 0.2) is 17.5 Å². The number of carbonyl (C=O) groups is 1. The summed E-state index contributed by atoms with van der Waals surface area (Å²) in [6.07, 6.45) is 0.727. The molecule has 2 rings (SSSR count). The van der Waals surface area contributed by atoms with Gasteiger partial charge in [0.1, 0.15) is 11.4 Å². The summed E-state index contributed by atoms with van der Waals surface area (Å²) in [6, 6.07) is 4.22. The van der Waals surface area contributed by atoms with Crippen LogP contribution in [0.2, 0.25) is 0 Å². The van der Waals surface area contributed by atoms with E-state index in [1.807, 2.05) is 0 Å². The minimum atomic E-state index is 0.0126. The second kappa shape index (κ2) is 6.18. The van der Waals surface area contributed by atoms with Gasteiger partial charge in [-0.15, -0.1) is 11.3 Å². The van der Waals surface area contributed by atoms with Gasteiger partial charge in [-0.3, -0.25) is 4.79 Å². The smallest absolute Gasteiger partial charge is 0.178 e. The van der Waals surface area contributed by atoms with Crippen LogP contribution in [-0.2, 0) is 6.42 Å². The van der Waals surface area contributed by atoms with Gasteiger partial charge in [0.25, 0.3) is 0 Å². The van der Waals surface area contributed by atoms with Crippen LogP contribution in [0.25, 0.3) is 0 Å². The summed E-state index contributed by atoms with van der Waals surface area (Å²) in [5.41, 5.74) is 4.18. The first-order valence-electron chi connectivity index (χ1n) is 6.63. The molecule has 0 spiro atoms. The first kappa shape index (κ1) is 14.7. The van der Waals surface area contributed by atoms with Gasteiger partial charge in [0, 0.05) is 18.7 Å². The first-order valence-corrected chi connectivity index (χ1v) is 7.51. The van der Waals surface area contributed by atoms with E-state index in [0.717, 1.165) is 17.2 Å². The Morgan fingerprint density at radius 2 is 2.05 bits per heavy atom. The molecule has 3 nitrogen and oxygen atoms in total. The highest BCUT2D eigenvalue weighted by Crippen LogP contribution is 2.23. The van der Waals surface area contributed by atoms with Crippen LogP contribution in [0.3, 0.4) is 0 Å². The molecule has 1 aromatic carbocycles. The molecule has 0 saturated heterocycles. The molecule has 0 N–H and O–H groups in total. The van der Waals surface area contributed by atoms with E-state index in [4.69, 9.17) is 4.74 Å². The van der Waals surface area contributed by atoms with Crippen molar-refractivity contribution in [1.82, 2.24) is 4.98 Å². The number of nitrogens with zero attached hydrogens (tertiary/aromatic N) is 1. The van der Waals surface area contributed by atoms with E-state index in [-0.39, 0.29) is 5.78 Å². The largest absolute Gasteiger partial charge is 0.493 e. The van der Waals surface area contributed by atoms with Crippen molar-refractivity contribution in [3.63, 3.8) is 0 Å². The summed E-state index contributed by atoms with van der Waals surface area (Å²) < 4.78 is 5.85. The number of hydrogen-bond donors (Lipinski definition) is 0. The molecule has 0 aliphatic heterocycles. The number of carbonyl (C=O) groups excluding carboxylic acids is 1. The van der Waals surface area contributed by atoms with E-state index >= 15 is 0 Å². The topological polar surface area (TPSA) is 39.2 Å². The monoisotopic (exact) mass is 289 g/mol. The molecule has 0 amide bonds. The average Bonchev–Trinajstić information content (AvgIpc) is 2.84. The molecule has 20 heavy (non-hydrogen) atoms. The van der Waals surface area contributed by atoms with E-state index in [2.05, 4.69) is 37.9 Å². The Kier molecular flexibility index (Phi) is 4.55. The van der Waals surface area contributed by atoms with Crippen LogP contribution < -0.4 is 4.74 Å². The lowest BCUT2D eigenvalue weighted by molar-refractivity contribution is 0.101. The zero-order valence-corrected chi connectivity index (χ0v) is 13.1. The van der Waals surface area contributed by atoms with Crippen molar-refractivity contribution in [3.05, 3.63) is 44.9 Å². The van der Waals surface area contributed by atoms with Gasteiger partial charge in [0.2, 0.25) is 0 Å². The van der Waals surface area contributed by atoms with E-state index in [1.54, 1.807) is 5.38 Å². The van der Waals surface area contributed by atoms with Gasteiger partial charge in [-0.25, -0.2) is 4.98 Å². The van der Waals surface area contributed by atoms with Crippen LogP contribution in [0, 0.1) is 20.8 Å². The number of aromatic nitrogens is 1. The predicted molar refractivity (Wildman–Crippen MR) is 82.0 cm³/mol. The van der Waals surface area contributed by atoms with Gasteiger partial charge < -0.3 is 4.74 Å². The number of ether oxygens (including phenoxy) is 1. The van der Waals surface area contributed by atoms with Crippen molar-refractivity contribution in [3.8, 4) is 5.75 Å². The molecular formula is C16H19NO2S. The van der Waals surface area contributed by atoms with E-state index in [0.29, 0.717) is 12.3 Å². The minimum absolute atomic E-state index is 0.0126. The lowest BCUT2D eigenvalue weighted by atomic mass is 10.1. The molecule has 0 aliphatic carbocycles. The molecule has 0 aliphatic rings. The van der Waals surface area contributed by atoms with Crippen LogP contribution >= 0.6 is 11.3 Å². The molecule has 4 heteroatoms. The van der Waals surface area contributed by atoms with Gasteiger partial charge in [-0.05, 0) is 43.5 Å². The van der Waals surface area contributed by atoms with Crippen LogP contribution in [0.1, 0.15) is 39.1 Å². The van der Waals surface area contributed by atoms with Gasteiger partial charge >= 0.3 is 0 Å². The Morgan fingerprint density at radius 1 is 1.30 bits per heavy atom. The molecule has 106 valence electrons. The number of aryl methyl sites for hydroxylation is 2. The number of benzene rings is 1.